The lowest BCUT2D eigenvalue weighted by Crippen LogP contribution is -2.22. The van der Waals surface area contributed by atoms with E-state index in [0.29, 0.717) is 35.6 Å². The molecule has 1 aromatic heterocycles. The first-order valence-corrected chi connectivity index (χ1v) is 10.4. The van der Waals surface area contributed by atoms with Gasteiger partial charge in [-0.3, -0.25) is 11.7 Å². The number of nitrogens with two attached hydrogens (primary N) is 2. The number of hydrogen-bond donors (Lipinski definition) is 3. The lowest BCUT2D eigenvalue weighted by molar-refractivity contribution is 0.386. The molecule has 0 radical (unpaired) electrons. The second-order valence-corrected chi connectivity index (χ2v) is 7.63. The predicted octanol–water partition coefficient (Wildman–Crippen LogP) is 2.74. The van der Waals surface area contributed by atoms with Crippen molar-refractivity contribution >= 4 is 5.95 Å². The number of likely N-dealkylation sites (N-methyl/N-ethyl adjacent to an activating group) is 1. The normalized spacial score (nSPS) is 14.6. The van der Waals surface area contributed by atoms with Crippen LogP contribution in [0, 0.1) is 5.82 Å². The van der Waals surface area contributed by atoms with Crippen LogP contribution in [0.4, 0.5) is 10.3 Å². The number of ether oxygens (including phenoxy) is 1. The van der Waals surface area contributed by atoms with Crippen LogP contribution >= 0.6 is 0 Å². The molecule has 8 nitrogen and oxygen atoms in total. The van der Waals surface area contributed by atoms with Crippen LogP contribution in [0.25, 0.3) is 11.4 Å². The first kappa shape index (κ1) is 23.9. The molecule has 1 aromatic carbocycles. The number of aromatic nitrogens is 3. The summed E-state index contributed by atoms with van der Waals surface area (Å²) in [7, 11) is 5.49. The van der Waals surface area contributed by atoms with E-state index in [0.717, 1.165) is 19.4 Å². The molecule has 1 fully saturated rings. The van der Waals surface area contributed by atoms with Crippen molar-refractivity contribution in [3.8, 4) is 17.1 Å². The van der Waals surface area contributed by atoms with Crippen LogP contribution in [0.1, 0.15) is 44.3 Å². The molecule has 0 saturated heterocycles. The van der Waals surface area contributed by atoms with E-state index < -0.39 is 5.82 Å². The number of methoxy groups -OCH3 is 1. The standard InChI is InChI=1S/C21H30FN5O.H4N2/c1-27(2)13-12-19-24-20(15-10-11-18(28-3)17(22)14-15)26-21(25-19)23-16-8-6-4-5-7-9-16;1-2/h10-11,14,16H,4-9,12-13H2,1-3H3,(H,23,24,25,26);1-2H2. The van der Waals surface area contributed by atoms with Gasteiger partial charge in [-0.1, -0.05) is 25.7 Å². The van der Waals surface area contributed by atoms with E-state index in [1.165, 1.54) is 38.9 Å². The zero-order chi connectivity index (χ0) is 21.9. The molecule has 1 aliphatic carbocycles. The highest BCUT2D eigenvalue weighted by Gasteiger charge is 2.16. The van der Waals surface area contributed by atoms with Crippen molar-refractivity contribution in [2.45, 2.75) is 51.0 Å². The van der Waals surface area contributed by atoms with E-state index in [1.807, 2.05) is 14.1 Å². The van der Waals surface area contributed by atoms with Crippen LogP contribution in [0.2, 0.25) is 0 Å². The molecule has 0 spiro atoms. The molecule has 0 aliphatic heterocycles. The second-order valence-electron chi connectivity index (χ2n) is 7.63. The molecule has 3 rings (SSSR count). The van der Waals surface area contributed by atoms with Gasteiger partial charge in [0.05, 0.1) is 7.11 Å². The Bertz CT molecular complexity index is 780. The van der Waals surface area contributed by atoms with Crippen LogP contribution in [0.3, 0.4) is 0 Å². The van der Waals surface area contributed by atoms with Gasteiger partial charge in [-0.05, 0) is 45.1 Å². The van der Waals surface area contributed by atoms with Gasteiger partial charge in [-0.15, -0.1) is 0 Å². The molecule has 1 saturated carbocycles. The molecule has 0 bridgehead atoms. The second kappa shape index (κ2) is 12.4. The van der Waals surface area contributed by atoms with E-state index >= 15 is 0 Å². The fraction of sp³-hybridized carbons (Fsp3) is 0.571. The number of nitrogens with one attached hydrogen (secondary N) is 1. The molecule has 30 heavy (non-hydrogen) atoms. The third-order valence-corrected chi connectivity index (χ3v) is 5.06. The molecule has 5 N–H and O–H groups in total. The van der Waals surface area contributed by atoms with Crippen molar-refractivity contribution in [2.75, 3.05) is 33.1 Å². The largest absolute Gasteiger partial charge is 0.494 e. The third kappa shape index (κ3) is 7.16. The summed E-state index contributed by atoms with van der Waals surface area (Å²) < 4.78 is 19.2. The maximum absolute atomic E-state index is 14.2. The van der Waals surface area contributed by atoms with Gasteiger partial charge in [-0.2, -0.15) is 9.97 Å². The number of anilines is 1. The van der Waals surface area contributed by atoms with Gasteiger partial charge in [0, 0.05) is 24.6 Å². The Kier molecular flexibility index (Phi) is 9.85. The molecular formula is C21H34FN7O. The van der Waals surface area contributed by atoms with Gasteiger partial charge in [0.1, 0.15) is 5.82 Å². The van der Waals surface area contributed by atoms with Gasteiger partial charge < -0.3 is 15.0 Å². The quantitative estimate of drug-likeness (QED) is 0.356. The molecule has 2 aromatic rings. The molecule has 166 valence electrons. The van der Waals surface area contributed by atoms with Gasteiger partial charge in [0.2, 0.25) is 5.95 Å². The van der Waals surface area contributed by atoms with Crippen LogP contribution < -0.4 is 21.7 Å². The maximum Gasteiger partial charge on any atom is 0.226 e. The molecule has 1 aliphatic rings. The lowest BCUT2D eigenvalue weighted by atomic mass is 10.1. The van der Waals surface area contributed by atoms with E-state index in [-0.39, 0.29) is 5.75 Å². The smallest absolute Gasteiger partial charge is 0.226 e. The third-order valence-electron chi connectivity index (χ3n) is 5.06. The Balaban J connectivity index is 0.00000155. The van der Waals surface area contributed by atoms with Crippen LogP contribution in [0.5, 0.6) is 5.75 Å². The highest BCUT2D eigenvalue weighted by Crippen LogP contribution is 2.25. The van der Waals surface area contributed by atoms with Gasteiger partial charge >= 0.3 is 0 Å². The van der Waals surface area contributed by atoms with Crippen LogP contribution in [-0.4, -0.2) is 53.6 Å². The number of hydrazine groups is 1. The summed E-state index contributed by atoms with van der Waals surface area (Å²) in [5.74, 6) is 9.57. The van der Waals surface area contributed by atoms with Gasteiger partial charge in [0.15, 0.2) is 17.4 Å². The molecule has 0 unspecified atom stereocenters. The van der Waals surface area contributed by atoms with E-state index in [9.17, 15) is 4.39 Å². The van der Waals surface area contributed by atoms with Crippen molar-refractivity contribution in [3.63, 3.8) is 0 Å². The fourth-order valence-electron chi connectivity index (χ4n) is 3.46. The zero-order valence-electron chi connectivity index (χ0n) is 18.2. The monoisotopic (exact) mass is 419 g/mol. The number of hydrogen-bond acceptors (Lipinski definition) is 8. The first-order valence-electron chi connectivity index (χ1n) is 10.4. The summed E-state index contributed by atoms with van der Waals surface area (Å²) in [5, 5.41) is 3.50. The van der Waals surface area contributed by atoms with Crippen LogP contribution in [-0.2, 0) is 6.42 Å². The summed E-state index contributed by atoms with van der Waals surface area (Å²) >= 11 is 0. The van der Waals surface area contributed by atoms with Crippen molar-refractivity contribution in [1.82, 2.24) is 19.9 Å². The minimum absolute atomic E-state index is 0.211. The zero-order valence-corrected chi connectivity index (χ0v) is 18.2. The van der Waals surface area contributed by atoms with E-state index in [4.69, 9.17) is 4.74 Å². The predicted molar refractivity (Wildman–Crippen MR) is 118 cm³/mol. The van der Waals surface area contributed by atoms with Gasteiger partial charge in [0.25, 0.3) is 0 Å². The Labute approximate surface area is 178 Å². The molecule has 1 heterocycles. The summed E-state index contributed by atoms with van der Waals surface area (Å²) in [6, 6.07) is 5.18. The van der Waals surface area contributed by atoms with Crippen molar-refractivity contribution in [2.24, 2.45) is 11.7 Å². The lowest BCUT2D eigenvalue weighted by Gasteiger charge is -2.17. The number of benzene rings is 1. The number of rotatable bonds is 7. The van der Waals surface area contributed by atoms with Gasteiger partial charge in [-0.25, -0.2) is 9.37 Å². The Morgan fingerprint density at radius 1 is 1.10 bits per heavy atom. The van der Waals surface area contributed by atoms with E-state index in [1.54, 1.807) is 12.1 Å². The average Bonchev–Trinajstić information content (AvgIpc) is 3.02. The SMILES string of the molecule is COc1ccc(-c2nc(CCN(C)C)nc(NC3CCCCCC3)n2)cc1F.NN. The summed E-state index contributed by atoms with van der Waals surface area (Å²) in [5.41, 5.74) is 0.621. The average molecular weight is 420 g/mol. The van der Waals surface area contributed by atoms with Crippen LogP contribution in [0.15, 0.2) is 18.2 Å². The first-order chi connectivity index (χ1) is 14.5. The summed E-state index contributed by atoms with van der Waals surface area (Å²) in [4.78, 5) is 15.9. The summed E-state index contributed by atoms with van der Waals surface area (Å²) in [6.45, 7) is 0.837. The Hall–Kier alpha value is -2.36. The highest BCUT2D eigenvalue weighted by molar-refractivity contribution is 5.58. The fourth-order valence-corrected chi connectivity index (χ4v) is 3.46. The molecule has 0 atom stereocenters. The Morgan fingerprint density at radius 3 is 2.40 bits per heavy atom. The van der Waals surface area contributed by atoms with Crippen molar-refractivity contribution in [1.29, 1.82) is 0 Å². The molecule has 0 amide bonds. The minimum atomic E-state index is -0.423. The number of nitrogens with zero attached hydrogens (tertiary/aromatic N) is 4. The molecular weight excluding hydrogens is 385 g/mol. The highest BCUT2D eigenvalue weighted by atomic mass is 19.1. The minimum Gasteiger partial charge on any atom is -0.494 e. The van der Waals surface area contributed by atoms with Crippen molar-refractivity contribution in [3.05, 3.63) is 29.8 Å². The Morgan fingerprint density at radius 2 is 1.80 bits per heavy atom. The molecule has 9 heteroatoms. The van der Waals surface area contributed by atoms with Crippen molar-refractivity contribution < 1.29 is 9.13 Å². The van der Waals surface area contributed by atoms with E-state index in [2.05, 4.69) is 36.9 Å². The number of halogens is 1. The topological polar surface area (TPSA) is 115 Å². The maximum atomic E-state index is 14.2. The summed E-state index contributed by atoms with van der Waals surface area (Å²) in [6.07, 6.45) is 8.01.